The third-order valence-electron chi connectivity index (χ3n) is 2.33. The quantitative estimate of drug-likeness (QED) is 0.813. The van der Waals surface area contributed by atoms with Crippen molar-refractivity contribution in [3.8, 4) is 5.75 Å². The zero-order valence-corrected chi connectivity index (χ0v) is 10.7. The van der Waals surface area contributed by atoms with Crippen molar-refractivity contribution in [3.05, 3.63) is 63.9 Å². The van der Waals surface area contributed by atoms with Gasteiger partial charge in [0.2, 0.25) is 5.82 Å². The van der Waals surface area contributed by atoms with Gasteiger partial charge in [0.1, 0.15) is 12.4 Å². The summed E-state index contributed by atoms with van der Waals surface area (Å²) >= 11 is 3.06. The minimum atomic E-state index is -1.05. The Balaban J connectivity index is 2.17. The smallest absolute Gasteiger partial charge is 0.200 e. The second-order valence-corrected chi connectivity index (χ2v) is 4.35. The number of hydrogen-bond donors (Lipinski definition) is 0. The Morgan fingerprint density at radius 2 is 1.61 bits per heavy atom. The molecule has 0 aliphatic heterocycles. The van der Waals surface area contributed by atoms with Crippen LogP contribution < -0.4 is 4.74 Å². The molecule has 0 heterocycles. The maximum atomic E-state index is 13.3. The lowest BCUT2D eigenvalue weighted by atomic mass is 10.2. The standard InChI is InChI=1S/C13H8BrF3O/c14-12-8(3-1-4-9(12)15)7-18-11-6-2-5-10(16)13(11)17/h1-6H,7H2. The van der Waals surface area contributed by atoms with Crippen LogP contribution in [0.25, 0.3) is 0 Å². The molecule has 2 aromatic carbocycles. The summed E-state index contributed by atoms with van der Waals surface area (Å²) in [6.45, 7) is -0.0568. The Morgan fingerprint density at radius 1 is 0.944 bits per heavy atom. The molecule has 0 radical (unpaired) electrons. The van der Waals surface area contributed by atoms with Crippen molar-refractivity contribution in [1.29, 1.82) is 0 Å². The van der Waals surface area contributed by atoms with E-state index in [2.05, 4.69) is 15.9 Å². The average Bonchev–Trinajstić information content (AvgIpc) is 2.36. The van der Waals surface area contributed by atoms with Crippen molar-refractivity contribution in [2.24, 2.45) is 0 Å². The van der Waals surface area contributed by atoms with Gasteiger partial charge < -0.3 is 4.74 Å². The van der Waals surface area contributed by atoms with Crippen molar-refractivity contribution in [2.45, 2.75) is 6.61 Å². The van der Waals surface area contributed by atoms with Gasteiger partial charge in [-0.1, -0.05) is 18.2 Å². The van der Waals surface area contributed by atoms with Crippen LogP contribution in [0.5, 0.6) is 5.75 Å². The largest absolute Gasteiger partial charge is 0.486 e. The highest BCUT2D eigenvalue weighted by Crippen LogP contribution is 2.24. The van der Waals surface area contributed by atoms with E-state index in [1.807, 2.05) is 0 Å². The van der Waals surface area contributed by atoms with Crippen LogP contribution in [0.4, 0.5) is 13.2 Å². The highest BCUT2D eigenvalue weighted by Gasteiger charge is 2.10. The lowest BCUT2D eigenvalue weighted by molar-refractivity contribution is 0.283. The molecule has 0 saturated heterocycles. The monoisotopic (exact) mass is 316 g/mol. The van der Waals surface area contributed by atoms with E-state index in [1.165, 1.54) is 24.3 Å². The average molecular weight is 317 g/mol. The topological polar surface area (TPSA) is 9.23 Å². The Kier molecular flexibility index (Phi) is 3.91. The summed E-state index contributed by atoms with van der Waals surface area (Å²) in [6, 6.07) is 8.09. The Morgan fingerprint density at radius 3 is 2.39 bits per heavy atom. The number of halogens is 4. The molecule has 2 rings (SSSR count). The fourth-order valence-electron chi connectivity index (χ4n) is 1.41. The fraction of sp³-hybridized carbons (Fsp3) is 0.0769. The molecule has 0 aromatic heterocycles. The van der Waals surface area contributed by atoms with Crippen LogP contribution in [0.15, 0.2) is 40.9 Å². The normalized spacial score (nSPS) is 10.4. The van der Waals surface area contributed by atoms with E-state index < -0.39 is 17.5 Å². The second kappa shape index (κ2) is 5.44. The van der Waals surface area contributed by atoms with Gasteiger partial charge in [0.05, 0.1) is 4.47 Å². The van der Waals surface area contributed by atoms with Crippen molar-refractivity contribution < 1.29 is 17.9 Å². The van der Waals surface area contributed by atoms with Gasteiger partial charge in [0.25, 0.3) is 0 Å². The van der Waals surface area contributed by atoms with Crippen LogP contribution in [-0.4, -0.2) is 0 Å². The molecule has 0 N–H and O–H groups in total. The van der Waals surface area contributed by atoms with Crippen molar-refractivity contribution in [3.63, 3.8) is 0 Å². The van der Waals surface area contributed by atoms with E-state index in [-0.39, 0.29) is 16.8 Å². The lowest BCUT2D eigenvalue weighted by Gasteiger charge is -2.09. The summed E-state index contributed by atoms with van der Waals surface area (Å²) in [7, 11) is 0. The molecule has 0 amide bonds. The molecule has 18 heavy (non-hydrogen) atoms. The molecule has 0 bridgehead atoms. The Bertz CT molecular complexity index is 521. The molecule has 0 aliphatic rings. The number of rotatable bonds is 3. The molecule has 0 spiro atoms. The molecule has 0 unspecified atom stereocenters. The van der Waals surface area contributed by atoms with Crippen molar-refractivity contribution >= 4 is 15.9 Å². The molecule has 0 aliphatic carbocycles. The summed E-state index contributed by atoms with van der Waals surface area (Å²) in [5.74, 6) is -2.67. The molecule has 1 nitrogen and oxygen atoms in total. The number of hydrogen-bond acceptors (Lipinski definition) is 1. The summed E-state index contributed by atoms with van der Waals surface area (Å²) in [5.41, 5.74) is 0.513. The highest BCUT2D eigenvalue weighted by molar-refractivity contribution is 9.10. The van der Waals surface area contributed by atoms with Crippen LogP contribution in [-0.2, 0) is 6.61 Å². The summed E-state index contributed by atoms with van der Waals surface area (Å²) < 4.78 is 44.8. The van der Waals surface area contributed by atoms with Gasteiger partial charge in [-0.25, -0.2) is 8.78 Å². The van der Waals surface area contributed by atoms with E-state index in [9.17, 15) is 13.2 Å². The van der Waals surface area contributed by atoms with E-state index in [0.717, 1.165) is 6.07 Å². The van der Waals surface area contributed by atoms with Crippen LogP contribution >= 0.6 is 15.9 Å². The predicted molar refractivity (Wildman–Crippen MR) is 64.8 cm³/mol. The van der Waals surface area contributed by atoms with Crippen LogP contribution in [0.1, 0.15) is 5.56 Å². The van der Waals surface area contributed by atoms with Gasteiger partial charge >= 0.3 is 0 Å². The van der Waals surface area contributed by atoms with Gasteiger partial charge in [-0.3, -0.25) is 0 Å². The minimum absolute atomic E-state index is 0.0568. The first kappa shape index (κ1) is 13.0. The first-order valence-corrected chi connectivity index (χ1v) is 5.88. The number of ether oxygens (including phenoxy) is 1. The zero-order chi connectivity index (χ0) is 13.1. The molecule has 0 fully saturated rings. The van der Waals surface area contributed by atoms with Crippen LogP contribution in [0, 0.1) is 17.5 Å². The first-order chi connectivity index (χ1) is 8.59. The third kappa shape index (κ3) is 2.67. The number of benzene rings is 2. The second-order valence-electron chi connectivity index (χ2n) is 3.55. The van der Waals surface area contributed by atoms with Crippen LogP contribution in [0.2, 0.25) is 0 Å². The highest BCUT2D eigenvalue weighted by atomic mass is 79.9. The minimum Gasteiger partial charge on any atom is -0.486 e. The third-order valence-corrected chi connectivity index (χ3v) is 3.22. The fourth-order valence-corrected chi connectivity index (χ4v) is 1.79. The van der Waals surface area contributed by atoms with E-state index in [4.69, 9.17) is 4.74 Å². The molecule has 94 valence electrons. The molecule has 5 heteroatoms. The summed E-state index contributed by atoms with van der Waals surface area (Å²) in [5, 5.41) is 0. The van der Waals surface area contributed by atoms with Gasteiger partial charge in [0.15, 0.2) is 11.6 Å². The maximum absolute atomic E-state index is 13.3. The first-order valence-electron chi connectivity index (χ1n) is 5.09. The zero-order valence-electron chi connectivity index (χ0n) is 9.09. The van der Waals surface area contributed by atoms with Gasteiger partial charge in [-0.2, -0.15) is 4.39 Å². The lowest BCUT2D eigenvalue weighted by Crippen LogP contribution is -2.00. The molecular weight excluding hydrogens is 309 g/mol. The van der Waals surface area contributed by atoms with Gasteiger partial charge in [0, 0.05) is 5.56 Å². The Labute approximate surface area is 110 Å². The maximum Gasteiger partial charge on any atom is 0.200 e. The van der Waals surface area contributed by atoms with Gasteiger partial charge in [-0.05, 0) is 34.1 Å². The molecular formula is C13H8BrF3O. The predicted octanol–water partition coefficient (Wildman–Crippen LogP) is 4.45. The summed E-state index contributed by atoms with van der Waals surface area (Å²) in [6.07, 6.45) is 0. The van der Waals surface area contributed by atoms with Crippen molar-refractivity contribution in [2.75, 3.05) is 0 Å². The van der Waals surface area contributed by atoms with E-state index >= 15 is 0 Å². The van der Waals surface area contributed by atoms with Crippen LogP contribution in [0.3, 0.4) is 0 Å². The molecule has 0 saturated carbocycles. The Hall–Kier alpha value is -1.49. The summed E-state index contributed by atoms with van der Waals surface area (Å²) in [4.78, 5) is 0. The molecule has 0 atom stereocenters. The van der Waals surface area contributed by atoms with Gasteiger partial charge in [-0.15, -0.1) is 0 Å². The van der Waals surface area contributed by atoms with Crippen molar-refractivity contribution in [1.82, 2.24) is 0 Å². The van der Waals surface area contributed by atoms with E-state index in [0.29, 0.717) is 5.56 Å². The molecule has 2 aromatic rings. The SMILES string of the molecule is Fc1cccc(OCc2cccc(F)c2Br)c1F. The van der Waals surface area contributed by atoms with E-state index in [1.54, 1.807) is 6.07 Å².